The molecule has 0 atom stereocenters. The van der Waals surface area contributed by atoms with Crippen molar-refractivity contribution in [3.63, 3.8) is 0 Å². The Balaban J connectivity index is 2.91. The van der Waals surface area contributed by atoms with Crippen molar-refractivity contribution in [2.75, 3.05) is 13.2 Å². The lowest BCUT2D eigenvalue weighted by atomic mass is 10.4. The summed E-state index contributed by atoms with van der Waals surface area (Å²) in [6.45, 7) is 0.0404. The van der Waals surface area contributed by atoms with E-state index < -0.39 is 7.92 Å². The van der Waals surface area contributed by atoms with Gasteiger partial charge in [-0.2, -0.15) is 0 Å². The Morgan fingerprint density at radius 1 is 1.12 bits per heavy atom. The lowest BCUT2D eigenvalue weighted by Gasteiger charge is -2.09. The van der Waals surface area contributed by atoms with Crippen LogP contribution in [0.1, 0.15) is 0 Å². The second kappa shape index (κ2) is 7.59. The van der Waals surface area contributed by atoms with Crippen molar-refractivity contribution in [3.05, 3.63) is 53.1 Å². The Kier molecular flexibility index (Phi) is 6.36. The monoisotopic (exact) mass is 256 g/mol. The average molecular weight is 257 g/mol. The van der Waals surface area contributed by atoms with Crippen LogP contribution in [0.4, 0.5) is 0 Å². The van der Waals surface area contributed by atoms with Crippen LogP contribution in [0, 0.1) is 0 Å². The fourth-order valence-electron chi connectivity index (χ4n) is 1.18. The summed E-state index contributed by atoms with van der Waals surface area (Å²) in [5, 5.41) is 19.3. The Labute approximate surface area is 102 Å². The minimum atomic E-state index is -0.649. The summed E-state index contributed by atoms with van der Waals surface area (Å²) in [6.07, 6.45) is 3.41. The van der Waals surface area contributed by atoms with E-state index in [1.165, 1.54) is 0 Å². The van der Waals surface area contributed by atoms with Crippen LogP contribution >= 0.6 is 19.5 Å². The molecule has 0 aliphatic rings. The van der Waals surface area contributed by atoms with Gasteiger partial charge in [-0.25, -0.2) is 0 Å². The molecule has 16 heavy (non-hydrogen) atoms. The van der Waals surface area contributed by atoms with Gasteiger partial charge in [0.05, 0.1) is 13.2 Å². The first-order valence-corrected chi connectivity index (χ1v) is 6.72. The number of hydrogen-bond donors (Lipinski definition) is 2. The highest BCUT2D eigenvalue weighted by Gasteiger charge is 2.03. The van der Waals surface area contributed by atoms with Gasteiger partial charge in [0.1, 0.15) is 0 Å². The first-order valence-electron chi connectivity index (χ1n) is 4.87. The van der Waals surface area contributed by atoms with E-state index in [0.29, 0.717) is 5.02 Å². The van der Waals surface area contributed by atoms with E-state index in [0.717, 1.165) is 5.30 Å². The van der Waals surface area contributed by atoms with Gasteiger partial charge >= 0.3 is 0 Å². The third kappa shape index (κ3) is 4.46. The van der Waals surface area contributed by atoms with Crippen LogP contribution in [-0.2, 0) is 0 Å². The molecule has 0 saturated carbocycles. The molecule has 0 radical (unpaired) electrons. The van der Waals surface area contributed by atoms with E-state index >= 15 is 0 Å². The van der Waals surface area contributed by atoms with Crippen LogP contribution in [0.25, 0.3) is 0 Å². The van der Waals surface area contributed by atoms with Crippen molar-refractivity contribution < 1.29 is 10.2 Å². The standard InChI is InChI=1S/C12H14ClO2P/c13-11-4-1-5-12(10-11)16(8-2-6-14)9-3-7-15/h1-5,8-10,14-15H,6-7H2. The van der Waals surface area contributed by atoms with Crippen molar-refractivity contribution in [1.29, 1.82) is 0 Å². The topological polar surface area (TPSA) is 40.5 Å². The van der Waals surface area contributed by atoms with E-state index in [9.17, 15) is 0 Å². The fourth-order valence-corrected chi connectivity index (χ4v) is 3.08. The zero-order chi connectivity index (χ0) is 11.8. The molecule has 1 aromatic rings. The Hall–Kier alpha value is -0.660. The molecular weight excluding hydrogens is 243 g/mol. The second-order valence-corrected chi connectivity index (χ2v) is 5.39. The minimum absolute atomic E-state index is 0.0202. The summed E-state index contributed by atoms with van der Waals surface area (Å²) < 4.78 is 0. The maximum absolute atomic E-state index is 8.77. The third-order valence-corrected chi connectivity index (χ3v) is 4.02. The molecule has 0 saturated heterocycles. The molecule has 2 nitrogen and oxygen atoms in total. The van der Waals surface area contributed by atoms with Gasteiger partial charge in [0, 0.05) is 5.02 Å². The van der Waals surface area contributed by atoms with E-state index in [4.69, 9.17) is 21.8 Å². The molecule has 1 rings (SSSR count). The SMILES string of the molecule is OCC=CP(C=CCO)c1cccc(Cl)c1. The normalized spacial score (nSPS) is 13.7. The van der Waals surface area contributed by atoms with Crippen LogP contribution in [0.2, 0.25) is 5.02 Å². The van der Waals surface area contributed by atoms with Crippen LogP contribution in [0.3, 0.4) is 0 Å². The Morgan fingerprint density at radius 2 is 1.75 bits per heavy atom. The van der Waals surface area contributed by atoms with Gasteiger partial charge in [0.25, 0.3) is 0 Å². The Morgan fingerprint density at radius 3 is 2.25 bits per heavy atom. The van der Waals surface area contributed by atoms with Gasteiger partial charge in [-0.1, -0.05) is 47.5 Å². The maximum Gasteiger partial charge on any atom is 0.0616 e. The molecule has 1 aromatic carbocycles. The van der Waals surface area contributed by atoms with Crippen molar-refractivity contribution in [1.82, 2.24) is 0 Å². The van der Waals surface area contributed by atoms with E-state index in [1.807, 2.05) is 35.9 Å². The molecule has 86 valence electrons. The van der Waals surface area contributed by atoms with Crippen molar-refractivity contribution >= 4 is 24.8 Å². The highest BCUT2D eigenvalue weighted by molar-refractivity contribution is 7.71. The first-order chi connectivity index (χ1) is 7.77. The molecular formula is C12H14ClO2P. The van der Waals surface area contributed by atoms with Crippen LogP contribution in [0.5, 0.6) is 0 Å². The lowest BCUT2D eigenvalue weighted by Crippen LogP contribution is -1.96. The zero-order valence-corrected chi connectivity index (χ0v) is 10.4. The summed E-state index contributed by atoms with van der Waals surface area (Å²) in [4.78, 5) is 0. The van der Waals surface area contributed by atoms with Crippen LogP contribution in [-0.4, -0.2) is 23.4 Å². The Bertz CT molecular complexity index is 363. The molecule has 0 unspecified atom stereocenters. The molecule has 4 heteroatoms. The molecule has 0 aliphatic heterocycles. The first kappa shape index (κ1) is 13.4. The number of benzene rings is 1. The van der Waals surface area contributed by atoms with Gasteiger partial charge in [-0.3, -0.25) is 0 Å². The van der Waals surface area contributed by atoms with E-state index in [2.05, 4.69) is 0 Å². The largest absolute Gasteiger partial charge is 0.392 e. The van der Waals surface area contributed by atoms with Gasteiger partial charge in [0.2, 0.25) is 0 Å². The summed E-state index contributed by atoms with van der Waals surface area (Å²) in [5.74, 6) is 3.88. The summed E-state index contributed by atoms with van der Waals surface area (Å²) >= 11 is 5.92. The average Bonchev–Trinajstić information content (AvgIpc) is 2.29. The van der Waals surface area contributed by atoms with E-state index in [1.54, 1.807) is 12.2 Å². The predicted molar refractivity (Wildman–Crippen MR) is 70.5 cm³/mol. The second-order valence-electron chi connectivity index (χ2n) is 3.02. The van der Waals surface area contributed by atoms with E-state index in [-0.39, 0.29) is 13.2 Å². The highest BCUT2D eigenvalue weighted by Crippen LogP contribution is 2.38. The number of hydrogen-bond acceptors (Lipinski definition) is 2. The van der Waals surface area contributed by atoms with Gasteiger partial charge in [0.15, 0.2) is 0 Å². The number of aliphatic hydroxyl groups excluding tert-OH is 2. The quantitative estimate of drug-likeness (QED) is 0.795. The van der Waals surface area contributed by atoms with Crippen molar-refractivity contribution in [3.8, 4) is 0 Å². The number of halogens is 1. The molecule has 0 fully saturated rings. The molecule has 0 spiro atoms. The number of aliphatic hydroxyl groups is 2. The molecule has 2 N–H and O–H groups in total. The molecule has 0 heterocycles. The summed E-state index contributed by atoms with van der Waals surface area (Å²) in [6, 6.07) is 7.61. The minimum Gasteiger partial charge on any atom is -0.392 e. The van der Waals surface area contributed by atoms with Crippen molar-refractivity contribution in [2.45, 2.75) is 0 Å². The lowest BCUT2D eigenvalue weighted by molar-refractivity contribution is 0.343. The number of rotatable bonds is 5. The van der Waals surface area contributed by atoms with Crippen molar-refractivity contribution in [2.24, 2.45) is 0 Å². The summed E-state index contributed by atoms with van der Waals surface area (Å²) in [7, 11) is -0.649. The summed E-state index contributed by atoms with van der Waals surface area (Å²) in [5.41, 5.74) is 0. The highest BCUT2D eigenvalue weighted by atomic mass is 35.5. The smallest absolute Gasteiger partial charge is 0.0616 e. The molecule has 0 bridgehead atoms. The van der Waals surface area contributed by atoms with Crippen LogP contribution in [0.15, 0.2) is 48.1 Å². The van der Waals surface area contributed by atoms with Crippen LogP contribution < -0.4 is 5.30 Å². The molecule has 0 aromatic heterocycles. The third-order valence-electron chi connectivity index (χ3n) is 1.85. The maximum atomic E-state index is 8.77. The molecule has 0 aliphatic carbocycles. The van der Waals surface area contributed by atoms with Gasteiger partial charge in [-0.05, 0) is 25.4 Å². The fraction of sp³-hybridized carbons (Fsp3) is 0.167. The molecule has 0 amide bonds. The predicted octanol–water partition coefficient (Wildman–Crippen LogP) is 2.46. The van der Waals surface area contributed by atoms with Gasteiger partial charge in [-0.15, -0.1) is 0 Å². The van der Waals surface area contributed by atoms with Gasteiger partial charge < -0.3 is 10.2 Å². The zero-order valence-electron chi connectivity index (χ0n) is 8.75.